The van der Waals surface area contributed by atoms with Crippen LogP contribution in [0.3, 0.4) is 0 Å². The number of nitrogens with one attached hydrogen (secondary N) is 2. The van der Waals surface area contributed by atoms with E-state index in [2.05, 4.69) is 39.4 Å². The molecular weight excluding hydrogens is 460 g/mol. The number of aromatic nitrogens is 2. The van der Waals surface area contributed by atoms with Gasteiger partial charge in [-0.25, -0.2) is 9.59 Å². The van der Waals surface area contributed by atoms with Crippen molar-refractivity contribution < 1.29 is 23.8 Å². The first-order valence-corrected chi connectivity index (χ1v) is 11.3. The maximum atomic E-state index is 12.4. The molecule has 0 radical (unpaired) electrons. The quantitative estimate of drug-likeness (QED) is 0.487. The molecule has 1 aromatic carbocycles. The summed E-state index contributed by atoms with van der Waals surface area (Å²) in [6.45, 7) is 11.7. The van der Waals surface area contributed by atoms with Gasteiger partial charge in [-0.2, -0.15) is 5.10 Å². The van der Waals surface area contributed by atoms with Gasteiger partial charge >= 0.3 is 12.2 Å². The molecule has 1 aromatic heterocycles. The van der Waals surface area contributed by atoms with Crippen molar-refractivity contribution in [3.05, 3.63) is 35.5 Å². The van der Waals surface area contributed by atoms with E-state index in [1.807, 2.05) is 33.8 Å². The zero-order valence-electron chi connectivity index (χ0n) is 20.7. The Morgan fingerprint density at radius 3 is 2.38 bits per heavy atom. The predicted octanol–water partition coefficient (Wildman–Crippen LogP) is 5.68. The Labute approximate surface area is 205 Å². The van der Waals surface area contributed by atoms with Gasteiger partial charge in [0.1, 0.15) is 18.0 Å². The molecule has 1 atom stereocenters. The van der Waals surface area contributed by atoms with Crippen molar-refractivity contribution >= 4 is 29.6 Å². The lowest BCUT2D eigenvalue weighted by molar-refractivity contribution is 0.0408. The molecule has 0 saturated heterocycles. The minimum Gasteiger partial charge on any atom is -0.490 e. The highest BCUT2D eigenvalue weighted by molar-refractivity contribution is 6.32. The van der Waals surface area contributed by atoms with Crippen LogP contribution >= 0.6 is 11.6 Å². The van der Waals surface area contributed by atoms with Crippen molar-refractivity contribution in [1.82, 2.24) is 15.5 Å². The molecule has 0 fully saturated rings. The third kappa shape index (κ3) is 8.70. The van der Waals surface area contributed by atoms with E-state index >= 15 is 0 Å². The number of hydrogen-bond acceptors (Lipinski definition) is 7. The van der Waals surface area contributed by atoms with Gasteiger partial charge in [0.25, 0.3) is 0 Å². The smallest absolute Gasteiger partial charge is 0.412 e. The maximum absolute atomic E-state index is 12.4. The van der Waals surface area contributed by atoms with E-state index < -0.39 is 23.3 Å². The highest BCUT2D eigenvalue weighted by Gasteiger charge is 2.31. The number of halogens is 1. The summed E-state index contributed by atoms with van der Waals surface area (Å²) in [5, 5.41) is 13.6. The molecule has 0 unspecified atom stereocenters. The monoisotopic (exact) mass is 492 g/mol. The first-order valence-electron chi connectivity index (χ1n) is 10.9. The lowest BCUT2D eigenvalue weighted by atomic mass is 9.91. The van der Waals surface area contributed by atoms with Gasteiger partial charge in [0.15, 0.2) is 5.82 Å². The van der Waals surface area contributed by atoms with Crippen molar-refractivity contribution in [3.63, 3.8) is 0 Å². The molecule has 2 rings (SSSR count). The van der Waals surface area contributed by atoms with Crippen molar-refractivity contribution in [3.8, 4) is 16.9 Å². The van der Waals surface area contributed by atoms with Crippen molar-refractivity contribution in [2.75, 3.05) is 19.0 Å². The number of benzene rings is 1. The standard InChI is InChI=1S/C24H33ClN4O5/c1-15(2)12-24(6,28-22(31)34-23(3,4)5)14-33-19-9-8-16(10-18(19)25)17-11-20(29-26-13-17)27-21(30)32-7/h8-11,13,15H,12,14H2,1-7H3,(H,28,31)(H,27,29,30)/t24-/m0/s1. The van der Waals surface area contributed by atoms with Gasteiger partial charge in [-0.3, -0.25) is 5.32 Å². The topological polar surface area (TPSA) is 112 Å². The summed E-state index contributed by atoms with van der Waals surface area (Å²) in [7, 11) is 1.26. The first-order chi connectivity index (χ1) is 15.8. The van der Waals surface area contributed by atoms with Crippen LogP contribution in [0.1, 0.15) is 48.0 Å². The lowest BCUT2D eigenvalue weighted by Crippen LogP contribution is -2.52. The minimum atomic E-state index is -0.665. The fourth-order valence-electron chi connectivity index (χ4n) is 3.37. The van der Waals surface area contributed by atoms with Crippen LogP contribution in [-0.2, 0) is 9.47 Å². The Morgan fingerprint density at radius 2 is 1.79 bits per heavy atom. The van der Waals surface area contributed by atoms with Crippen LogP contribution in [0.15, 0.2) is 30.5 Å². The van der Waals surface area contributed by atoms with Gasteiger partial charge in [0.2, 0.25) is 0 Å². The van der Waals surface area contributed by atoms with Crippen LogP contribution < -0.4 is 15.4 Å². The number of carbonyl (C=O) groups excluding carboxylic acids is 2. The number of amides is 2. The second kappa shape index (κ2) is 11.4. The van der Waals surface area contributed by atoms with Crippen LogP contribution in [0.2, 0.25) is 5.02 Å². The molecule has 2 aromatic rings. The Bertz CT molecular complexity index is 1010. The van der Waals surface area contributed by atoms with E-state index in [0.717, 1.165) is 5.56 Å². The maximum Gasteiger partial charge on any atom is 0.412 e. The molecule has 1 heterocycles. The molecule has 0 bridgehead atoms. The summed E-state index contributed by atoms with van der Waals surface area (Å²) in [5.74, 6) is 1.04. The Kier molecular flexibility index (Phi) is 9.09. The summed E-state index contributed by atoms with van der Waals surface area (Å²) in [4.78, 5) is 23.8. The Hall–Kier alpha value is -3.07. The zero-order chi connectivity index (χ0) is 25.5. The van der Waals surface area contributed by atoms with E-state index in [-0.39, 0.29) is 12.4 Å². The zero-order valence-corrected chi connectivity index (χ0v) is 21.4. The summed E-state index contributed by atoms with van der Waals surface area (Å²) < 4.78 is 16.0. The minimum absolute atomic E-state index is 0.202. The number of rotatable bonds is 8. The molecular formula is C24H33ClN4O5. The molecule has 0 spiro atoms. The van der Waals surface area contributed by atoms with Crippen molar-refractivity contribution in [1.29, 1.82) is 0 Å². The summed E-state index contributed by atoms with van der Waals surface area (Å²) in [6, 6.07) is 6.95. The van der Waals surface area contributed by atoms with E-state index in [1.54, 1.807) is 24.4 Å². The second-order valence-corrected chi connectivity index (χ2v) is 10.1. The number of methoxy groups -OCH3 is 1. The van der Waals surface area contributed by atoms with Gasteiger partial charge < -0.3 is 19.5 Å². The van der Waals surface area contributed by atoms with Gasteiger partial charge in [0, 0.05) is 5.56 Å². The molecule has 186 valence electrons. The molecule has 0 saturated carbocycles. The van der Waals surface area contributed by atoms with E-state index in [1.165, 1.54) is 7.11 Å². The highest BCUT2D eigenvalue weighted by atomic mass is 35.5. The summed E-state index contributed by atoms with van der Waals surface area (Å²) in [6.07, 6.45) is 1.10. The van der Waals surface area contributed by atoms with Crippen LogP contribution in [0, 0.1) is 5.92 Å². The van der Waals surface area contributed by atoms with Crippen LogP contribution in [0.5, 0.6) is 5.75 Å². The molecule has 0 aliphatic rings. The van der Waals surface area contributed by atoms with Crippen molar-refractivity contribution in [2.24, 2.45) is 5.92 Å². The van der Waals surface area contributed by atoms with Crippen LogP contribution in [0.25, 0.3) is 11.1 Å². The average Bonchev–Trinajstić information content (AvgIpc) is 2.70. The normalized spacial score (nSPS) is 13.1. The number of nitrogens with zero attached hydrogens (tertiary/aromatic N) is 2. The van der Waals surface area contributed by atoms with Crippen LogP contribution in [-0.4, -0.2) is 47.2 Å². The molecule has 9 nitrogen and oxygen atoms in total. The molecule has 34 heavy (non-hydrogen) atoms. The van der Waals surface area contributed by atoms with Crippen molar-refractivity contribution in [2.45, 2.75) is 59.1 Å². The van der Waals surface area contributed by atoms with Gasteiger partial charge in [-0.05, 0) is 63.8 Å². The Balaban J connectivity index is 2.15. The second-order valence-electron chi connectivity index (χ2n) is 9.67. The number of alkyl carbamates (subject to hydrolysis) is 1. The van der Waals surface area contributed by atoms with E-state index in [0.29, 0.717) is 28.7 Å². The lowest BCUT2D eigenvalue weighted by Gasteiger charge is -2.33. The number of carbonyl (C=O) groups is 2. The summed E-state index contributed by atoms with van der Waals surface area (Å²) >= 11 is 6.49. The van der Waals surface area contributed by atoms with Crippen LogP contribution in [0.4, 0.5) is 15.4 Å². The van der Waals surface area contributed by atoms with Gasteiger partial charge in [-0.1, -0.05) is 31.5 Å². The SMILES string of the molecule is COC(=O)Nc1cc(-c2ccc(OC[C@](C)(CC(C)C)NC(=O)OC(C)(C)C)c(Cl)c2)cnn1. The van der Waals surface area contributed by atoms with Gasteiger partial charge in [0.05, 0.1) is 23.9 Å². The Morgan fingerprint density at radius 1 is 1.09 bits per heavy atom. The number of anilines is 1. The fraction of sp³-hybridized carbons (Fsp3) is 0.500. The highest BCUT2D eigenvalue weighted by Crippen LogP contribution is 2.32. The first kappa shape index (κ1) is 27.2. The molecule has 10 heteroatoms. The van der Waals surface area contributed by atoms with Gasteiger partial charge in [-0.15, -0.1) is 5.10 Å². The third-order valence-corrected chi connectivity index (χ3v) is 4.84. The molecule has 0 aliphatic heterocycles. The average molecular weight is 493 g/mol. The van der Waals surface area contributed by atoms with E-state index in [4.69, 9.17) is 21.1 Å². The largest absolute Gasteiger partial charge is 0.490 e. The third-order valence-electron chi connectivity index (χ3n) is 4.54. The molecule has 0 aliphatic carbocycles. The number of ether oxygens (including phenoxy) is 3. The molecule has 2 N–H and O–H groups in total. The predicted molar refractivity (Wildman–Crippen MR) is 131 cm³/mol. The van der Waals surface area contributed by atoms with E-state index in [9.17, 15) is 9.59 Å². The molecule has 2 amide bonds. The number of hydrogen-bond donors (Lipinski definition) is 2. The summed E-state index contributed by atoms with van der Waals surface area (Å²) in [5.41, 5.74) is 0.196. The fourth-order valence-corrected chi connectivity index (χ4v) is 3.61.